The fraction of sp³-hybridized carbons (Fsp3) is 0.308. The van der Waals surface area contributed by atoms with Gasteiger partial charge in [0.2, 0.25) is 5.91 Å². The van der Waals surface area contributed by atoms with Crippen molar-refractivity contribution in [2.24, 2.45) is 16.9 Å². The van der Waals surface area contributed by atoms with Gasteiger partial charge in [0.15, 0.2) is 0 Å². The van der Waals surface area contributed by atoms with Crippen molar-refractivity contribution in [2.75, 3.05) is 18.0 Å². The van der Waals surface area contributed by atoms with Crippen LogP contribution in [0.2, 0.25) is 0 Å². The molecule has 1 N–H and O–H groups in total. The third kappa shape index (κ3) is 3.36. The quantitative estimate of drug-likeness (QED) is 0.810. The molecule has 32 heavy (non-hydrogen) atoms. The van der Waals surface area contributed by atoms with Crippen molar-refractivity contribution in [3.05, 3.63) is 84.2 Å². The number of amides is 1. The minimum atomic E-state index is -0.116. The smallest absolute Gasteiger partial charge is 0.245 e. The molecule has 1 aliphatic carbocycles. The van der Waals surface area contributed by atoms with E-state index in [1.807, 2.05) is 35.3 Å². The average molecular weight is 427 g/mol. The van der Waals surface area contributed by atoms with Crippen molar-refractivity contribution in [3.63, 3.8) is 0 Å². The van der Waals surface area contributed by atoms with Crippen LogP contribution in [0.5, 0.6) is 5.75 Å². The summed E-state index contributed by atoms with van der Waals surface area (Å²) in [6.45, 7) is 2.05. The van der Waals surface area contributed by atoms with E-state index >= 15 is 0 Å². The minimum absolute atomic E-state index is 0.116. The van der Waals surface area contributed by atoms with E-state index in [1.165, 1.54) is 5.57 Å². The maximum absolute atomic E-state index is 12.4. The number of allylic oxidation sites excluding steroid dienone is 2. The first-order valence-corrected chi connectivity index (χ1v) is 11.3. The summed E-state index contributed by atoms with van der Waals surface area (Å²) in [6, 6.07) is 18.3. The van der Waals surface area contributed by atoms with E-state index in [4.69, 9.17) is 9.84 Å². The molecule has 0 aromatic heterocycles. The lowest BCUT2D eigenvalue weighted by atomic mass is 9.73. The Balaban J connectivity index is 1.15. The van der Waals surface area contributed by atoms with E-state index in [1.54, 1.807) is 0 Å². The predicted octanol–water partition coefficient (Wildman–Crippen LogP) is 3.68. The second kappa shape index (κ2) is 7.86. The fourth-order valence-electron chi connectivity index (χ4n) is 5.21. The molecule has 6 rings (SSSR count). The van der Waals surface area contributed by atoms with Gasteiger partial charge in [0, 0.05) is 36.5 Å². The van der Waals surface area contributed by atoms with E-state index in [9.17, 15) is 4.79 Å². The lowest BCUT2D eigenvalue weighted by molar-refractivity contribution is -0.129. The second-order valence-corrected chi connectivity index (χ2v) is 8.77. The fourth-order valence-corrected chi connectivity index (χ4v) is 5.21. The Kier molecular flexibility index (Phi) is 4.71. The molecule has 0 spiro atoms. The second-order valence-electron chi connectivity index (χ2n) is 8.77. The average Bonchev–Trinajstić information content (AvgIpc) is 3.24. The number of hydrazone groups is 1. The first kappa shape index (κ1) is 19.2. The van der Waals surface area contributed by atoms with Crippen molar-refractivity contribution in [1.82, 2.24) is 10.3 Å². The molecule has 2 fully saturated rings. The van der Waals surface area contributed by atoms with Crippen LogP contribution in [0.3, 0.4) is 0 Å². The van der Waals surface area contributed by atoms with Gasteiger partial charge in [-0.1, -0.05) is 36.4 Å². The molecule has 3 atom stereocenters. The van der Waals surface area contributed by atoms with Crippen LogP contribution in [-0.4, -0.2) is 35.8 Å². The first-order chi connectivity index (χ1) is 15.8. The Labute approximate surface area is 187 Å². The minimum Gasteiger partial charge on any atom is -0.489 e. The lowest BCUT2D eigenvalue weighted by Crippen LogP contribution is -2.54. The summed E-state index contributed by atoms with van der Waals surface area (Å²) in [5.74, 6) is 1.43. The number of hydrogen-bond donors (Lipinski definition) is 1. The molecular weight excluding hydrogens is 400 g/mol. The molecule has 3 aliphatic heterocycles. The zero-order valence-corrected chi connectivity index (χ0v) is 17.9. The van der Waals surface area contributed by atoms with Gasteiger partial charge in [0.1, 0.15) is 18.4 Å². The number of nitrogens with zero attached hydrogens (tertiary/aromatic N) is 3. The SMILES string of the molecule is O=C1NCCN2N=C3C4C=CN(c5ccc(OCc6ccccc6)cc5)C=C4CCC3C12. The van der Waals surface area contributed by atoms with Gasteiger partial charge in [-0.2, -0.15) is 5.10 Å². The van der Waals surface area contributed by atoms with E-state index in [2.05, 4.69) is 53.0 Å². The molecule has 3 unspecified atom stereocenters. The highest BCUT2D eigenvalue weighted by Gasteiger charge is 2.48. The number of nitrogens with one attached hydrogen (secondary N) is 1. The number of benzene rings is 2. The summed E-state index contributed by atoms with van der Waals surface area (Å²) in [7, 11) is 0. The summed E-state index contributed by atoms with van der Waals surface area (Å²) >= 11 is 0. The molecule has 0 bridgehead atoms. The first-order valence-electron chi connectivity index (χ1n) is 11.3. The largest absolute Gasteiger partial charge is 0.489 e. The number of ether oxygens (including phenoxy) is 1. The van der Waals surface area contributed by atoms with Crippen LogP contribution in [0.25, 0.3) is 0 Å². The van der Waals surface area contributed by atoms with Crippen molar-refractivity contribution >= 4 is 17.3 Å². The van der Waals surface area contributed by atoms with Crippen LogP contribution >= 0.6 is 0 Å². The van der Waals surface area contributed by atoms with Crippen LogP contribution < -0.4 is 15.0 Å². The Hall–Kier alpha value is -3.54. The highest BCUT2D eigenvalue weighted by atomic mass is 16.5. The molecule has 6 nitrogen and oxygen atoms in total. The number of piperazine rings is 1. The van der Waals surface area contributed by atoms with Crippen LogP contribution in [-0.2, 0) is 11.4 Å². The number of hydrogen-bond acceptors (Lipinski definition) is 5. The van der Waals surface area contributed by atoms with Crippen LogP contribution in [0.15, 0.2) is 83.7 Å². The van der Waals surface area contributed by atoms with Crippen molar-refractivity contribution in [1.29, 1.82) is 0 Å². The van der Waals surface area contributed by atoms with Gasteiger partial charge in [-0.05, 0) is 48.2 Å². The van der Waals surface area contributed by atoms with Gasteiger partial charge in [-0.3, -0.25) is 9.80 Å². The summed E-state index contributed by atoms with van der Waals surface area (Å²) < 4.78 is 5.92. The highest BCUT2D eigenvalue weighted by Crippen LogP contribution is 2.42. The molecular formula is C26H26N4O2. The number of rotatable bonds is 4. The zero-order chi connectivity index (χ0) is 21.5. The Bertz CT molecular complexity index is 1110. The summed E-state index contributed by atoms with van der Waals surface area (Å²) in [4.78, 5) is 14.6. The van der Waals surface area contributed by atoms with Crippen LogP contribution in [0.4, 0.5) is 5.69 Å². The van der Waals surface area contributed by atoms with E-state index in [0.717, 1.165) is 42.1 Å². The summed E-state index contributed by atoms with van der Waals surface area (Å²) in [5.41, 5.74) is 4.79. The molecule has 3 heterocycles. The Morgan fingerprint density at radius 1 is 1.09 bits per heavy atom. The Morgan fingerprint density at radius 2 is 1.94 bits per heavy atom. The molecule has 162 valence electrons. The number of carbonyl (C=O) groups excluding carboxylic acids is 1. The highest BCUT2D eigenvalue weighted by molar-refractivity contribution is 6.01. The third-order valence-corrected chi connectivity index (χ3v) is 6.82. The molecule has 2 aromatic carbocycles. The van der Waals surface area contributed by atoms with Gasteiger partial charge < -0.3 is 15.0 Å². The van der Waals surface area contributed by atoms with E-state index < -0.39 is 0 Å². The van der Waals surface area contributed by atoms with Crippen molar-refractivity contribution in [2.45, 2.75) is 25.5 Å². The summed E-state index contributed by atoms with van der Waals surface area (Å²) in [5, 5.41) is 9.90. The van der Waals surface area contributed by atoms with Crippen LogP contribution in [0, 0.1) is 11.8 Å². The molecule has 4 aliphatic rings. The van der Waals surface area contributed by atoms with Gasteiger partial charge in [0.05, 0.1) is 12.3 Å². The standard InChI is InChI=1S/C26H26N4O2/c31-26-25-23-11-6-19-16-29(14-12-22(19)24(23)28-30(25)15-13-27-26)20-7-9-21(10-8-20)32-17-18-4-2-1-3-5-18/h1-5,7-10,12,14,16,22-23,25H,6,11,13,15,17H2,(H,27,31). The van der Waals surface area contributed by atoms with Crippen molar-refractivity contribution < 1.29 is 9.53 Å². The topological polar surface area (TPSA) is 57.2 Å². The normalized spacial score (nSPS) is 25.9. The zero-order valence-electron chi connectivity index (χ0n) is 17.9. The van der Waals surface area contributed by atoms with Crippen LogP contribution in [0.1, 0.15) is 18.4 Å². The molecule has 6 heteroatoms. The number of carbonyl (C=O) groups is 1. The third-order valence-electron chi connectivity index (χ3n) is 6.82. The maximum atomic E-state index is 12.4. The van der Waals surface area contributed by atoms with Crippen molar-refractivity contribution in [3.8, 4) is 5.75 Å². The molecule has 1 amide bonds. The molecule has 1 saturated carbocycles. The summed E-state index contributed by atoms with van der Waals surface area (Å²) in [6.07, 6.45) is 8.56. The molecule has 1 saturated heterocycles. The maximum Gasteiger partial charge on any atom is 0.245 e. The van der Waals surface area contributed by atoms with Gasteiger partial charge in [0.25, 0.3) is 0 Å². The van der Waals surface area contributed by atoms with Gasteiger partial charge in [-0.15, -0.1) is 0 Å². The monoisotopic (exact) mass is 426 g/mol. The number of anilines is 1. The predicted molar refractivity (Wildman–Crippen MR) is 124 cm³/mol. The molecule has 0 radical (unpaired) electrons. The Morgan fingerprint density at radius 3 is 2.78 bits per heavy atom. The van der Waals surface area contributed by atoms with E-state index in [0.29, 0.717) is 13.2 Å². The van der Waals surface area contributed by atoms with E-state index in [-0.39, 0.29) is 23.8 Å². The molecule has 2 aromatic rings. The number of fused-ring (bicyclic) bond motifs is 5. The lowest BCUT2D eigenvalue weighted by Gasteiger charge is -2.36. The van der Waals surface area contributed by atoms with Gasteiger partial charge >= 0.3 is 0 Å². The van der Waals surface area contributed by atoms with Gasteiger partial charge in [-0.25, -0.2) is 0 Å².